The van der Waals surface area contributed by atoms with Crippen LogP contribution in [0.5, 0.6) is 0 Å². The van der Waals surface area contributed by atoms with Crippen LogP contribution in [-0.2, 0) is 14.3 Å². The number of carbonyl (C=O) groups excluding carboxylic acids is 2. The average Bonchev–Trinajstić information content (AvgIpc) is 3.44. The van der Waals surface area contributed by atoms with Crippen molar-refractivity contribution in [3.63, 3.8) is 0 Å². The number of rotatable bonds is 9. The van der Waals surface area contributed by atoms with E-state index in [0.29, 0.717) is 12.8 Å². The van der Waals surface area contributed by atoms with E-state index >= 15 is 0 Å². The van der Waals surface area contributed by atoms with Gasteiger partial charge in [-0.05, 0) is 46.9 Å². The number of hydrogen-bond donors (Lipinski definition) is 3. The van der Waals surface area contributed by atoms with E-state index < -0.39 is 17.6 Å². The third-order valence-electron chi connectivity index (χ3n) is 7.49. The number of carboxylic acid groups (broad SMARTS) is 1. The summed E-state index contributed by atoms with van der Waals surface area (Å²) in [7, 11) is 0. The fraction of sp³-hybridized carbons (Fsp3) is 0.464. The Hall–Kier alpha value is -3.35. The van der Waals surface area contributed by atoms with Crippen LogP contribution in [0.4, 0.5) is 4.79 Å². The van der Waals surface area contributed by atoms with Crippen molar-refractivity contribution >= 4 is 18.0 Å². The first kappa shape index (κ1) is 24.8. The van der Waals surface area contributed by atoms with E-state index in [1.165, 1.54) is 11.1 Å². The number of fused-ring (bicyclic) bond motifs is 3. The molecule has 2 aromatic carbocycles. The molecule has 0 aliphatic heterocycles. The molecule has 1 unspecified atom stereocenters. The van der Waals surface area contributed by atoms with Crippen LogP contribution in [0.15, 0.2) is 48.5 Å². The minimum atomic E-state index is -1.15. The first-order valence-electron chi connectivity index (χ1n) is 12.4. The number of benzene rings is 2. The molecule has 2 aliphatic rings. The summed E-state index contributed by atoms with van der Waals surface area (Å²) in [6.45, 7) is 4.48. The summed E-state index contributed by atoms with van der Waals surface area (Å²) < 4.78 is 5.60. The monoisotopic (exact) mass is 478 g/mol. The normalized spacial score (nSPS) is 16.9. The van der Waals surface area contributed by atoms with Gasteiger partial charge in [0.15, 0.2) is 0 Å². The molecule has 4 rings (SSSR count). The predicted octanol–water partition coefficient (Wildman–Crippen LogP) is 4.70. The molecule has 7 nitrogen and oxygen atoms in total. The molecule has 1 atom stereocenters. The standard InChI is InChI=1S/C28H34N2O5/c1-18(2)19(15-25(31)30-28(26(32)33)13-7-8-14-28)16-29-27(34)35-17-24-22-11-5-3-9-20(22)21-10-4-6-12-23(21)24/h3-6,9-12,18-19,24H,7-8,13-17H2,1-2H3,(H,29,34)(H,30,31)(H,32,33). The Morgan fingerprint density at radius 3 is 2.11 bits per heavy atom. The molecule has 7 heteroatoms. The Kier molecular flexibility index (Phi) is 7.43. The van der Waals surface area contributed by atoms with Crippen molar-refractivity contribution < 1.29 is 24.2 Å². The number of ether oxygens (including phenoxy) is 1. The quantitative estimate of drug-likeness (QED) is 0.485. The van der Waals surface area contributed by atoms with Crippen LogP contribution in [-0.4, -0.2) is 41.8 Å². The Morgan fingerprint density at radius 2 is 1.57 bits per heavy atom. The third kappa shape index (κ3) is 5.34. The minimum absolute atomic E-state index is 0.0153. The summed E-state index contributed by atoms with van der Waals surface area (Å²) in [5, 5.41) is 15.2. The van der Waals surface area contributed by atoms with Crippen molar-refractivity contribution in [3.8, 4) is 11.1 Å². The van der Waals surface area contributed by atoms with Gasteiger partial charge in [0.05, 0.1) is 0 Å². The molecule has 1 fully saturated rings. The van der Waals surface area contributed by atoms with Gasteiger partial charge in [-0.3, -0.25) is 4.79 Å². The Balaban J connectivity index is 1.31. The lowest BCUT2D eigenvalue weighted by molar-refractivity contribution is -0.147. The number of carboxylic acids is 1. The van der Waals surface area contributed by atoms with Gasteiger partial charge in [0.1, 0.15) is 12.1 Å². The fourth-order valence-corrected chi connectivity index (χ4v) is 5.33. The lowest BCUT2D eigenvalue weighted by Crippen LogP contribution is -2.53. The maximum atomic E-state index is 12.7. The second-order valence-electron chi connectivity index (χ2n) is 10.1. The Bertz CT molecular complexity index is 1040. The van der Waals surface area contributed by atoms with E-state index in [9.17, 15) is 19.5 Å². The van der Waals surface area contributed by atoms with E-state index in [-0.39, 0.29) is 43.2 Å². The zero-order chi connectivity index (χ0) is 25.0. The molecule has 0 saturated heterocycles. The topological polar surface area (TPSA) is 105 Å². The van der Waals surface area contributed by atoms with Crippen LogP contribution in [0.25, 0.3) is 11.1 Å². The van der Waals surface area contributed by atoms with E-state index in [4.69, 9.17) is 4.74 Å². The predicted molar refractivity (Wildman–Crippen MR) is 133 cm³/mol. The molecular weight excluding hydrogens is 444 g/mol. The van der Waals surface area contributed by atoms with Crippen molar-refractivity contribution in [2.45, 2.75) is 57.4 Å². The molecule has 35 heavy (non-hydrogen) atoms. The van der Waals surface area contributed by atoms with Gasteiger partial charge in [-0.2, -0.15) is 0 Å². The van der Waals surface area contributed by atoms with Gasteiger partial charge in [0.2, 0.25) is 5.91 Å². The molecule has 2 aromatic rings. The summed E-state index contributed by atoms with van der Waals surface area (Å²) in [5.74, 6) is -1.29. The summed E-state index contributed by atoms with van der Waals surface area (Å²) in [6, 6.07) is 16.3. The number of hydrogen-bond acceptors (Lipinski definition) is 4. The van der Waals surface area contributed by atoms with Gasteiger partial charge in [0.25, 0.3) is 0 Å². The van der Waals surface area contributed by atoms with Gasteiger partial charge >= 0.3 is 12.1 Å². The van der Waals surface area contributed by atoms with Gasteiger partial charge in [-0.25, -0.2) is 9.59 Å². The van der Waals surface area contributed by atoms with Crippen molar-refractivity contribution in [2.24, 2.45) is 11.8 Å². The Labute approximate surface area is 206 Å². The van der Waals surface area contributed by atoms with Crippen molar-refractivity contribution in [1.29, 1.82) is 0 Å². The van der Waals surface area contributed by atoms with Gasteiger partial charge in [-0.15, -0.1) is 0 Å². The number of aliphatic carboxylic acids is 1. The third-order valence-corrected chi connectivity index (χ3v) is 7.49. The summed E-state index contributed by atoms with van der Waals surface area (Å²) in [4.78, 5) is 37.0. The highest BCUT2D eigenvalue weighted by atomic mass is 16.5. The molecule has 0 spiro atoms. The lowest BCUT2D eigenvalue weighted by atomic mass is 9.91. The van der Waals surface area contributed by atoms with Crippen LogP contribution in [0.2, 0.25) is 0 Å². The van der Waals surface area contributed by atoms with Crippen molar-refractivity contribution in [3.05, 3.63) is 59.7 Å². The lowest BCUT2D eigenvalue weighted by Gasteiger charge is -2.27. The van der Waals surface area contributed by atoms with E-state index in [0.717, 1.165) is 24.0 Å². The maximum Gasteiger partial charge on any atom is 0.407 e. The minimum Gasteiger partial charge on any atom is -0.480 e. The number of carbonyl (C=O) groups is 3. The van der Waals surface area contributed by atoms with Crippen molar-refractivity contribution in [1.82, 2.24) is 10.6 Å². The summed E-state index contributed by atoms with van der Waals surface area (Å²) in [6.07, 6.45) is 2.14. The van der Waals surface area contributed by atoms with E-state index in [1.807, 2.05) is 38.1 Å². The average molecular weight is 479 g/mol. The van der Waals surface area contributed by atoms with Gasteiger partial charge in [-0.1, -0.05) is 75.2 Å². The molecule has 0 aromatic heterocycles. The largest absolute Gasteiger partial charge is 0.480 e. The van der Waals surface area contributed by atoms with Gasteiger partial charge < -0.3 is 20.5 Å². The summed E-state index contributed by atoms with van der Waals surface area (Å²) >= 11 is 0. The highest BCUT2D eigenvalue weighted by Gasteiger charge is 2.42. The molecule has 0 bridgehead atoms. The molecule has 3 N–H and O–H groups in total. The maximum absolute atomic E-state index is 12.7. The molecule has 2 aliphatic carbocycles. The highest BCUT2D eigenvalue weighted by Crippen LogP contribution is 2.44. The molecule has 0 radical (unpaired) electrons. The SMILES string of the molecule is CC(C)C(CNC(=O)OCC1c2ccccc2-c2ccccc21)CC(=O)NC1(C(=O)O)CCCC1. The molecular formula is C28H34N2O5. The zero-order valence-electron chi connectivity index (χ0n) is 20.4. The highest BCUT2D eigenvalue weighted by molar-refractivity contribution is 5.87. The van der Waals surface area contributed by atoms with E-state index in [1.54, 1.807) is 0 Å². The first-order chi connectivity index (χ1) is 16.8. The zero-order valence-corrected chi connectivity index (χ0v) is 20.4. The van der Waals surface area contributed by atoms with Crippen LogP contribution < -0.4 is 10.6 Å². The van der Waals surface area contributed by atoms with Crippen LogP contribution in [0.3, 0.4) is 0 Å². The molecule has 186 valence electrons. The first-order valence-corrected chi connectivity index (χ1v) is 12.4. The Morgan fingerprint density at radius 1 is 1.00 bits per heavy atom. The van der Waals surface area contributed by atoms with Gasteiger partial charge in [0, 0.05) is 18.9 Å². The fourth-order valence-electron chi connectivity index (χ4n) is 5.33. The van der Waals surface area contributed by atoms with Crippen LogP contribution >= 0.6 is 0 Å². The smallest absolute Gasteiger partial charge is 0.407 e. The van der Waals surface area contributed by atoms with E-state index in [2.05, 4.69) is 34.9 Å². The van der Waals surface area contributed by atoms with Crippen LogP contribution in [0, 0.1) is 11.8 Å². The number of amides is 2. The van der Waals surface area contributed by atoms with Crippen LogP contribution in [0.1, 0.15) is 63.0 Å². The van der Waals surface area contributed by atoms with Crippen molar-refractivity contribution in [2.75, 3.05) is 13.2 Å². The second kappa shape index (κ2) is 10.5. The molecule has 2 amide bonds. The number of alkyl carbamates (subject to hydrolysis) is 1. The molecule has 1 saturated carbocycles. The number of nitrogens with one attached hydrogen (secondary N) is 2. The molecule has 0 heterocycles. The summed E-state index contributed by atoms with van der Waals surface area (Å²) in [5.41, 5.74) is 3.49. The second-order valence-corrected chi connectivity index (χ2v) is 10.1.